The summed E-state index contributed by atoms with van der Waals surface area (Å²) >= 11 is 0. The van der Waals surface area contributed by atoms with Crippen LogP contribution in [0.3, 0.4) is 0 Å². The van der Waals surface area contributed by atoms with Crippen LogP contribution < -0.4 is 10.9 Å². The molecule has 0 atom stereocenters. The second kappa shape index (κ2) is 6.24. The minimum absolute atomic E-state index is 0.166. The molecule has 1 amide bonds. The van der Waals surface area contributed by atoms with Gasteiger partial charge >= 0.3 is 0 Å². The third kappa shape index (κ3) is 3.59. The molecular formula is C17H21N3O3. The van der Waals surface area contributed by atoms with Crippen LogP contribution in [0.25, 0.3) is 0 Å². The minimum Gasteiger partial charge on any atom is -0.502 e. The maximum atomic E-state index is 12.3. The van der Waals surface area contributed by atoms with Crippen LogP contribution >= 0.6 is 0 Å². The molecule has 2 rings (SSSR count). The summed E-state index contributed by atoms with van der Waals surface area (Å²) in [4.78, 5) is 28.5. The number of nitrogens with zero attached hydrogens (tertiary/aromatic N) is 2. The van der Waals surface area contributed by atoms with E-state index < -0.39 is 11.1 Å². The zero-order chi connectivity index (χ0) is 17.2. The van der Waals surface area contributed by atoms with Gasteiger partial charge in [-0.25, -0.2) is 4.98 Å². The van der Waals surface area contributed by atoms with Crippen molar-refractivity contribution in [2.24, 2.45) is 7.05 Å². The Morgan fingerprint density at radius 1 is 1.30 bits per heavy atom. The fourth-order valence-electron chi connectivity index (χ4n) is 2.49. The highest BCUT2D eigenvalue weighted by atomic mass is 16.3. The van der Waals surface area contributed by atoms with Gasteiger partial charge in [0, 0.05) is 7.05 Å². The van der Waals surface area contributed by atoms with Gasteiger partial charge in [0.15, 0.2) is 0 Å². The molecule has 0 saturated heterocycles. The van der Waals surface area contributed by atoms with E-state index in [1.165, 1.54) is 11.6 Å². The molecule has 0 saturated carbocycles. The monoisotopic (exact) mass is 315 g/mol. The van der Waals surface area contributed by atoms with E-state index in [4.69, 9.17) is 0 Å². The van der Waals surface area contributed by atoms with Crippen molar-refractivity contribution < 1.29 is 9.90 Å². The van der Waals surface area contributed by atoms with Crippen molar-refractivity contribution in [3.63, 3.8) is 0 Å². The lowest BCUT2D eigenvalue weighted by Crippen LogP contribution is -2.45. The third-order valence-electron chi connectivity index (χ3n) is 3.66. The van der Waals surface area contributed by atoms with E-state index in [1.807, 2.05) is 30.3 Å². The summed E-state index contributed by atoms with van der Waals surface area (Å²) in [5, 5.41) is 12.6. The summed E-state index contributed by atoms with van der Waals surface area (Å²) in [6, 6.07) is 9.41. The van der Waals surface area contributed by atoms with Crippen LogP contribution in [-0.2, 0) is 23.8 Å². The number of amides is 1. The first-order chi connectivity index (χ1) is 10.7. The number of hydrogen-bond acceptors (Lipinski definition) is 4. The molecule has 2 N–H and O–H groups in total. The Morgan fingerprint density at radius 3 is 2.52 bits per heavy atom. The molecule has 0 unspecified atom stereocenters. The van der Waals surface area contributed by atoms with Crippen LogP contribution in [0.4, 0.5) is 0 Å². The average Bonchev–Trinajstić information content (AvgIpc) is 2.49. The van der Waals surface area contributed by atoms with Gasteiger partial charge in [-0.15, -0.1) is 0 Å². The smallest absolute Gasteiger partial charge is 0.295 e. The summed E-state index contributed by atoms with van der Waals surface area (Å²) < 4.78 is 1.26. The molecule has 0 aliphatic heterocycles. The molecule has 6 nitrogen and oxygen atoms in total. The van der Waals surface area contributed by atoms with Gasteiger partial charge in [0.05, 0.1) is 17.7 Å². The molecule has 0 aliphatic rings. The van der Waals surface area contributed by atoms with Crippen molar-refractivity contribution in [1.29, 1.82) is 0 Å². The maximum Gasteiger partial charge on any atom is 0.295 e. The molecule has 0 aliphatic carbocycles. The minimum atomic E-state index is -0.849. The van der Waals surface area contributed by atoms with E-state index >= 15 is 0 Å². The van der Waals surface area contributed by atoms with Crippen molar-refractivity contribution in [1.82, 2.24) is 14.9 Å². The van der Waals surface area contributed by atoms with E-state index in [0.717, 1.165) is 5.56 Å². The first-order valence-corrected chi connectivity index (χ1v) is 7.34. The van der Waals surface area contributed by atoms with Crippen LogP contribution in [0.1, 0.15) is 30.9 Å². The highest BCUT2D eigenvalue weighted by molar-refractivity contribution is 5.79. The second-order valence-corrected chi connectivity index (χ2v) is 6.07. The van der Waals surface area contributed by atoms with E-state index in [1.54, 1.807) is 20.8 Å². The predicted molar refractivity (Wildman–Crippen MR) is 87.2 cm³/mol. The standard InChI is InChI=1S/C17H21N3O3/c1-11-14(22)15(23)20(4)16(18-11)17(2,3)19-13(21)10-12-8-6-5-7-9-12/h5-9,22H,10H2,1-4H3,(H,19,21). The lowest BCUT2D eigenvalue weighted by molar-refractivity contribution is -0.122. The fraction of sp³-hybridized carbons (Fsp3) is 0.353. The van der Waals surface area contributed by atoms with Gasteiger partial charge in [-0.2, -0.15) is 0 Å². The highest BCUT2D eigenvalue weighted by Crippen LogP contribution is 2.19. The zero-order valence-corrected chi connectivity index (χ0v) is 13.8. The van der Waals surface area contributed by atoms with Crippen LogP contribution in [-0.4, -0.2) is 20.6 Å². The largest absolute Gasteiger partial charge is 0.502 e. The van der Waals surface area contributed by atoms with Crippen molar-refractivity contribution in [2.45, 2.75) is 32.7 Å². The number of hydrogen-bond donors (Lipinski definition) is 2. The van der Waals surface area contributed by atoms with Crippen LogP contribution in [0.2, 0.25) is 0 Å². The Kier molecular flexibility index (Phi) is 4.54. The molecule has 6 heteroatoms. The molecule has 1 aromatic carbocycles. The van der Waals surface area contributed by atoms with Gasteiger partial charge in [-0.3, -0.25) is 14.2 Å². The zero-order valence-electron chi connectivity index (χ0n) is 13.8. The number of rotatable bonds is 4. The molecule has 0 bridgehead atoms. The van der Waals surface area contributed by atoms with Gasteiger partial charge < -0.3 is 10.4 Å². The van der Waals surface area contributed by atoms with Crippen LogP contribution in [0.5, 0.6) is 5.75 Å². The van der Waals surface area contributed by atoms with Gasteiger partial charge in [0.1, 0.15) is 5.82 Å². The molecule has 122 valence electrons. The lowest BCUT2D eigenvalue weighted by Gasteiger charge is -2.28. The van der Waals surface area contributed by atoms with E-state index in [-0.39, 0.29) is 23.8 Å². The van der Waals surface area contributed by atoms with E-state index in [2.05, 4.69) is 10.3 Å². The summed E-state index contributed by atoms with van der Waals surface area (Å²) in [6.45, 7) is 5.10. The second-order valence-electron chi connectivity index (χ2n) is 6.07. The van der Waals surface area contributed by atoms with Gasteiger partial charge in [-0.1, -0.05) is 30.3 Å². The summed E-state index contributed by atoms with van der Waals surface area (Å²) in [6.07, 6.45) is 0.245. The Morgan fingerprint density at radius 2 is 1.91 bits per heavy atom. The number of aryl methyl sites for hydroxylation is 1. The SMILES string of the molecule is Cc1nc(C(C)(C)NC(=O)Cc2ccccc2)n(C)c(=O)c1O. The third-order valence-corrected chi connectivity index (χ3v) is 3.66. The summed E-state index contributed by atoms with van der Waals surface area (Å²) in [5.41, 5.74) is -0.228. The first kappa shape index (κ1) is 16.7. The Labute approximate surface area is 134 Å². The highest BCUT2D eigenvalue weighted by Gasteiger charge is 2.28. The molecule has 0 fully saturated rings. The number of aromatic nitrogens is 2. The normalized spacial score (nSPS) is 11.3. The Balaban J connectivity index is 2.25. The van der Waals surface area contributed by atoms with E-state index in [9.17, 15) is 14.7 Å². The quantitative estimate of drug-likeness (QED) is 0.893. The number of aromatic hydroxyl groups is 1. The molecule has 1 aromatic heterocycles. The van der Waals surface area contributed by atoms with Crippen LogP contribution in [0.15, 0.2) is 35.1 Å². The van der Waals surface area contributed by atoms with Crippen molar-refractivity contribution in [3.05, 3.63) is 57.8 Å². The van der Waals surface area contributed by atoms with Crippen molar-refractivity contribution >= 4 is 5.91 Å². The van der Waals surface area contributed by atoms with Gasteiger partial charge in [0.25, 0.3) is 5.56 Å². The number of carbonyl (C=O) groups is 1. The van der Waals surface area contributed by atoms with E-state index in [0.29, 0.717) is 5.82 Å². The molecule has 0 radical (unpaired) electrons. The summed E-state index contributed by atoms with van der Waals surface area (Å²) in [5.74, 6) is -0.150. The lowest BCUT2D eigenvalue weighted by atomic mass is 10.0. The molecule has 1 heterocycles. The van der Waals surface area contributed by atoms with Gasteiger partial charge in [0.2, 0.25) is 11.7 Å². The predicted octanol–water partition coefficient (Wildman–Crippen LogP) is 1.39. The molecule has 0 spiro atoms. The Bertz CT molecular complexity index is 780. The Hall–Kier alpha value is -2.63. The number of nitrogens with one attached hydrogen (secondary N) is 1. The number of benzene rings is 1. The maximum absolute atomic E-state index is 12.3. The van der Waals surface area contributed by atoms with Crippen LogP contribution in [0, 0.1) is 6.92 Å². The first-order valence-electron chi connectivity index (χ1n) is 7.34. The number of carbonyl (C=O) groups excluding carboxylic acids is 1. The van der Waals surface area contributed by atoms with Gasteiger partial charge in [-0.05, 0) is 26.3 Å². The van der Waals surface area contributed by atoms with Crippen molar-refractivity contribution in [2.75, 3.05) is 0 Å². The van der Waals surface area contributed by atoms with Crippen molar-refractivity contribution in [3.8, 4) is 5.75 Å². The molecule has 2 aromatic rings. The topological polar surface area (TPSA) is 84.2 Å². The summed E-state index contributed by atoms with van der Waals surface area (Å²) in [7, 11) is 1.52. The molecule has 23 heavy (non-hydrogen) atoms. The molecular weight excluding hydrogens is 294 g/mol. The average molecular weight is 315 g/mol. The fourth-order valence-corrected chi connectivity index (χ4v) is 2.49.